The van der Waals surface area contributed by atoms with Crippen molar-refractivity contribution < 1.29 is 4.79 Å². The summed E-state index contributed by atoms with van der Waals surface area (Å²) < 4.78 is 0.924. The van der Waals surface area contributed by atoms with Gasteiger partial charge in [0.1, 0.15) is 12.1 Å². The predicted molar refractivity (Wildman–Crippen MR) is 50.8 cm³/mol. The lowest BCUT2D eigenvalue weighted by Gasteiger charge is -1.97. The van der Waals surface area contributed by atoms with Crippen LogP contribution in [0.15, 0.2) is 35.1 Å². The molecule has 0 aliphatic carbocycles. The number of anilines is 1. The van der Waals surface area contributed by atoms with Crippen molar-refractivity contribution in [1.29, 1.82) is 0 Å². The van der Waals surface area contributed by atoms with Crippen LogP contribution < -0.4 is 5.32 Å². The van der Waals surface area contributed by atoms with Crippen molar-refractivity contribution in [2.75, 3.05) is 5.32 Å². The number of aromatic nitrogens is 1. The van der Waals surface area contributed by atoms with Crippen LogP contribution >= 0.6 is 15.9 Å². The molecule has 12 heavy (non-hydrogen) atoms. The Kier molecular flexibility index (Phi) is 3.47. The van der Waals surface area contributed by atoms with E-state index in [4.69, 9.17) is 0 Å². The van der Waals surface area contributed by atoms with Gasteiger partial charge >= 0.3 is 0 Å². The molecule has 3 nitrogen and oxygen atoms in total. The standard InChI is InChI=1S/C8H7BrN2O/c9-7-2-3-8(11-6-7)10-4-1-5-12/h1-6H,(H,10,11). The third kappa shape index (κ3) is 2.84. The molecule has 1 N–H and O–H groups in total. The SMILES string of the molecule is O=CC=CNc1ccc(Br)cn1. The molecule has 1 rings (SSSR count). The van der Waals surface area contributed by atoms with Gasteiger partial charge in [-0.1, -0.05) is 0 Å². The minimum Gasteiger partial charge on any atom is -0.347 e. The zero-order valence-corrected chi connectivity index (χ0v) is 7.78. The van der Waals surface area contributed by atoms with Crippen LogP contribution in [0.1, 0.15) is 0 Å². The molecule has 0 amide bonds. The summed E-state index contributed by atoms with van der Waals surface area (Å²) in [6, 6.07) is 3.67. The molecule has 0 atom stereocenters. The van der Waals surface area contributed by atoms with Crippen molar-refractivity contribution in [2.24, 2.45) is 0 Å². The fourth-order valence-corrected chi connectivity index (χ4v) is 0.869. The van der Waals surface area contributed by atoms with Gasteiger partial charge in [0.15, 0.2) is 0 Å². The number of pyridine rings is 1. The quantitative estimate of drug-likeness (QED) is 0.634. The molecule has 0 aliphatic heterocycles. The minimum absolute atomic E-state index is 0.700. The first-order chi connectivity index (χ1) is 5.83. The van der Waals surface area contributed by atoms with Gasteiger partial charge in [-0.2, -0.15) is 0 Å². The fraction of sp³-hybridized carbons (Fsp3) is 0. The van der Waals surface area contributed by atoms with Crippen molar-refractivity contribution in [1.82, 2.24) is 4.98 Å². The molecule has 1 heterocycles. The second-order valence-corrected chi connectivity index (χ2v) is 2.92. The van der Waals surface area contributed by atoms with E-state index >= 15 is 0 Å². The molecule has 1 aromatic heterocycles. The van der Waals surface area contributed by atoms with Crippen molar-refractivity contribution in [3.05, 3.63) is 35.1 Å². The maximum Gasteiger partial charge on any atom is 0.144 e. The first-order valence-corrected chi connectivity index (χ1v) is 4.10. The molecule has 0 radical (unpaired) electrons. The number of hydrogen-bond donors (Lipinski definition) is 1. The van der Waals surface area contributed by atoms with E-state index < -0.39 is 0 Å². The van der Waals surface area contributed by atoms with E-state index in [1.54, 1.807) is 12.3 Å². The Morgan fingerprint density at radius 2 is 2.33 bits per heavy atom. The number of halogens is 1. The highest BCUT2D eigenvalue weighted by molar-refractivity contribution is 9.10. The van der Waals surface area contributed by atoms with E-state index in [0.29, 0.717) is 12.1 Å². The van der Waals surface area contributed by atoms with Gasteiger partial charge in [0.25, 0.3) is 0 Å². The van der Waals surface area contributed by atoms with Crippen LogP contribution in [0.4, 0.5) is 5.82 Å². The summed E-state index contributed by atoms with van der Waals surface area (Å²) in [7, 11) is 0. The Morgan fingerprint density at radius 1 is 1.50 bits per heavy atom. The van der Waals surface area contributed by atoms with Crippen LogP contribution in [0, 0.1) is 0 Å². The minimum atomic E-state index is 0.700. The molecule has 0 saturated heterocycles. The Bertz CT molecular complexity index is 282. The zero-order valence-electron chi connectivity index (χ0n) is 6.20. The summed E-state index contributed by atoms with van der Waals surface area (Å²) in [6.45, 7) is 0. The summed E-state index contributed by atoms with van der Waals surface area (Å²) >= 11 is 3.26. The number of carbonyl (C=O) groups excluding carboxylic acids is 1. The van der Waals surface area contributed by atoms with E-state index in [1.165, 1.54) is 12.3 Å². The molecule has 0 aromatic carbocycles. The van der Waals surface area contributed by atoms with Crippen LogP contribution in [0.5, 0.6) is 0 Å². The highest BCUT2D eigenvalue weighted by atomic mass is 79.9. The van der Waals surface area contributed by atoms with Crippen molar-refractivity contribution in [3.8, 4) is 0 Å². The topological polar surface area (TPSA) is 42.0 Å². The Hall–Kier alpha value is -1.16. The van der Waals surface area contributed by atoms with Crippen molar-refractivity contribution >= 4 is 28.0 Å². The van der Waals surface area contributed by atoms with Gasteiger partial charge in [-0.05, 0) is 34.1 Å². The van der Waals surface area contributed by atoms with Crippen LogP contribution in [-0.4, -0.2) is 11.3 Å². The smallest absolute Gasteiger partial charge is 0.144 e. The summed E-state index contributed by atoms with van der Waals surface area (Å²) in [5.74, 6) is 0.705. The molecule has 0 saturated carbocycles. The van der Waals surface area contributed by atoms with Gasteiger partial charge in [0, 0.05) is 16.9 Å². The zero-order chi connectivity index (χ0) is 8.81. The number of nitrogens with zero attached hydrogens (tertiary/aromatic N) is 1. The van der Waals surface area contributed by atoms with E-state index in [9.17, 15) is 4.79 Å². The summed E-state index contributed by atoms with van der Waals surface area (Å²) in [4.78, 5) is 13.9. The third-order valence-corrected chi connectivity index (χ3v) is 1.60. The lowest BCUT2D eigenvalue weighted by molar-refractivity contribution is -0.104. The van der Waals surface area contributed by atoms with Gasteiger partial charge in [-0.15, -0.1) is 0 Å². The second-order valence-electron chi connectivity index (χ2n) is 2.00. The molecule has 62 valence electrons. The highest BCUT2D eigenvalue weighted by Gasteiger charge is 1.88. The molecular formula is C8H7BrN2O. The number of aldehydes is 1. The summed E-state index contributed by atoms with van der Waals surface area (Å²) in [6.07, 6.45) is 5.27. The predicted octanol–water partition coefficient (Wildman–Crippen LogP) is 1.97. The molecule has 0 aliphatic rings. The average molecular weight is 227 g/mol. The van der Waals surface area contributed by atoms with Crippen molar-refractivity contribution in [2.45, 2.75) is 0 Å². The second kappa shape index (κ2) is 4.66. The van der Waals surface area contributed by atoms with Crippen LogP contribution in [0.25, 0.3) is 0 Å². The lowest BCUT2D eigenvalue weighted by atomic mass is 10.5. The lowest BCUT2D eigenvalue weighted by Crippen LogP contribution is -1.89. The maximum atomic E-state index is 9.89. The van der Waals surface area contributed by atoms with Gasteiger partial charge in [0.05, 0.1) is 0 Å². The fourth-order valence-electron chi connectivity index (χ4n) is 0.634. The first-order valence-electron chi connectivity index (χ1n) is 3.31. The normalized spacial score (nSPS) is 10.1. The van der Waals surface area contributed by atoms with E-state index in [0.717, 1.165) is 4.47 Å². The van der Waals surface area contributed by atoms with Gasteiger partial charge in [-0.25, -0.2) is 4.98 Å². The van der Waals surface area contributed by atoms with Gasteiger partial charge in [-0.3, -0.25) is 4.79 Å². The third-order valence-electron chi connectivity index (χ3n) is 1.13. The van der Waals surface area contributed by atoms with E-state index in [1.807, 2.05) is 6.07 Å². The first kappa shape index (κ1) is 8.93. The Balaban J connectivity index is 2.58. The molecule has 0 bridgehead atoms. The van der Waals surface area contributed by atoms with E-state index in [2.05, 4.69) is 26.2 Å². The van der Waals surface area contributed by atoms with E-state index in [-0.39, 0.29) is 0 Å². The molecular weight excluding hydrogens is 220 g/mol. The summed E-state index contributed by atoms with van der Waals surface area (Å²) in [5.41, 5.74) is 0. The van der Waals surface area contributed by atoms with Crippen LogP contribution in [0.2, 0.25) is 0 Å². The average Bonchev–Trinajstić information content (AvgIpc) is 2.09. The molecule has 4 heteroatoms. The Labute approximate surface area is 78.6 Å². The van der Waals surface area contributed by atoms with Crippen molar-refractivity contribution in [3.63, 3.8) is 0 Å². The number of rotatable bonds is 3. The summed E-state index contributed by atoms with van der Waals surface area (Å²) in [5, 5.41) is 2.83. The molecule has 1 aromatic rings. The Morgan fingerprint density at radius 3 is 2.92 bits per heavy atom. The van der Waals surface area contributed by atoms with Crippen LogP contribution in [-0.2, 0) is 4.79 Å². The maximum absolute atomic E-state index is 9.89. The number of allylic oxidation sites excluding steroid dienone is 1. The van der Waals surface area contributed by atoms with Gasteiger partial charge in [0.2, 0.25) is 0 Å². The van der Waals surface area contributed by atoms with Crippen LogP contribution in [0.3, 0.4) is 0 Å². The molecule has 0 unspecified atom stereocenters. The number of hydrogen-bond acceptors (Lipinski definition) is 3. The number of carbonyl (C=O) groups is 1. The monoisotopic (exact) mass is 226 g/mol. The number of nitrogens with one attached hydrogen (secondary N) is 1. The molecule has 0 spiro atoms. The highest BCUT2D eigenvalue weighted by Crippen LogP contribution is 2.09. The molecule has 0 fully saturated rings. The largest absolute Gasteiger partial charge is 0.347 e. The van der Waals surface area contributed by atoms with Gasteiger partial charge < -0.3 is 5.32 Å².